The summed E-state index contributed by atoms with van der Waals surface area (Å²) in [5.74, 6) is 0.606. The average molecular weight is 244 g/mol. The molecule has 0 radical (unpaired) electrons. The lowest BCUT2D eigenvalue weighted by atomic mass is 10.1. The van der Waals surface area contributed by atoms with Crippen molar-refractivity contribution in [3.05, 3.63) is 48.2 Å². The van der Waals surface area contributed by atoms with E-state index in [1.54, 1.807) is 31.9 Å². The third-order valence-electron chi connectivity index (χ3n) is 2.59. The summed E-state index contributed by atoms with van der Waals surface area (Å²) >= 11 is 0. The molecule has 0 aliphatic carbocycles. The molecule has 18 heavy (non-hydrogen) atoms. The number of pyridine rings is 1. The fraction of sp³-hybridized carbons (Fsp3) is 0.308. The first-order valence-corrected chi connectivity index (χ1v) is 5.85. The van der Waals surface area contributed by atoms with E-state index in [4.69, 9.17) is 4.74 Å². The molecule has 2 heterocycles. The largest absolute Gasteiger partial charge is 0.481 e. The van der Waals surface area contributed by atoms with Gasteiger partial charge in [-0.3, -0.25) is 9.97 Å². The lowest BCUT2D eigenvalue weighted by Gasteiger charge is -2.18. The van der Waals surface area contributed by atoms with Crippen molar-refractivity contribution in [1.82, 2.24) is 20.3 Å². The molecule has 2 aromatic heterocycles. The van der Waals surface area contributed by atoms with Gasteiger partial charge in [-0.05, 0) is 12.6 Å². The Morgan fingerprint density at radius 3 is 2.83 bits per heavy atom. The fourth-order valence-electron chi connectivity index (χ4n) is 1.83. The lowest BCUT2D eigenvalue weighted by Crippen LogP contribution is -2.23. The van der Waals surface area contributed by atoms with E-state index < -0.39 is 0 Å². The average Bonchev–Trinajstić information content (AvgIpc) is 2.46. The quantitative estimate of drug-likeness (QED) is 0.865. The van der Waals surface area contributed by atoms with Crippen LogP contribution >= 0.6 is 0 Å². The molecule has 0 amide bonds. The van der Waals surface area contributed by atoms with Gasteiger partial charge in [0.15, 0.2) is 0 Å². The zero-order chi connectivity index (χ0) is 12.8. The zero-order valence-corrected chi connectivity index (χ0v) is 10.5. The highest BCUT2D eigenvalue weighted by atomic mass is 16.5. The van der Waals surface area contributed by atoms with Crippen molar-refractivity contribution in [3.8, 4) is 5.88 Å². The molecular formula is C13H16N4O. The Morgan fingerprint density at radius 1 is 1.28 bits per heavy atom. The summed E-state index contributed by atoms with van der Waals surface area (Å²) in [4.78, 5) is 12.7. The summed E-state index contributed by atoms with van der Waals surface area (Å²) in [5, 5.41) is 3.37. The van der Waals surface area contributed by atoms with Crippen LogP contribution in [0.15, 0.2) is 36.9 Å². The summed E-state index contributed by atoms with van der Waals surface area (Å²) in [5.41, 5.74) is 1.81. The second kappa shape index (κ2) is 6.07. The van der Waals surface area contributed by atoms with Gasteiger partial charge in [-0.2, -0.15) is 0 Å². The molecule has 0 fully saturated rings. The second-order valence-corrected chi connectivity index (χ2v) is 3.72. The summed E-state index contributed by atoms with van der Waals surface area (Å²) in [7, 11) is 1.62. The molecular weight excluding hydrogens is 228 g/mol. The third kappa shape index (κ3) is 2.62. The number of ether oxygens (including phenoxy) is 1. The Labute approximate surface area is 106 Å². The summed E-state index contributed by atoms with van der Waals surface area (Å²) in [6.45, 7) is 2.87. The highest BCUT2D eigenvalue weighted by Crippen LogP contribution is 2.26. The number of rotatable bonds is 5. The Hall–Kier alpha value is -2.01. The molecule has 0 bridgehead atoms. The Balaban J connectivity index is 2.41. The molecule has 2 aromatic rings. The number of hydrogen-bond acceptors (Lipinski definition) is 5. The van der Waals surface area contributed by atoms with Gasteiger partial charge >= 0.3 is 0 Å². The van der Waals surface area contributed by atoms with E-state index in [0.717, 1.165) is 17.8 Å². The normalized spacial score (nSPS) is 12.1. The summed E-state index contributed by atoms with van der Waals surface area (Å²) in [6.07, 6.45) is 6.80. The van der Waals surface area contributed by atoms with Crippen LogP contribution in [0.1, 0.15) is 24.2 Å². The minimum absolute atomic E-state index is 0.0626. The van der Waals surface area contributed by atoms with Gasteiger partial charge in [0.25, 0.3) is 0 Å². The van der Waals surface area contributed by atoms with Crippen LogP contribution in [-0.4, -0.2) is 28.6 Å². The first-order chi connectivity index (χ1) is 8.86. The van der Waals surface area contributed by atoms with E-state index >= 15 is 0 Å². The molecule has 1 atom stereocenters. The van der Waals surface area contributed by atoms with Crippen molar-refractivity contribution in [2.45, 2.75) is 13.0 Å². The highest BCUT2D eigenvalue weighted by Gasteiger charge is 2.19. The highest BCUT2D eigenvalue weighted by molar-refractivity contribution is 5.34. The van der Waals surface area contributed by atoms with Crippen LogP contribution in [0.25, 0.3) is 0 Å². The maximum atomic E-state index is 5.29. The van der Waals surface area contributed by atoms with Crippen LogP contribution < -0.4 is 10.1 Å². The molecule has 0 spiro atoms. The molecule has 94 valence electrons. The molecule has 0 aliphatic rings. The van der Waals surface area contributed by atoms with Gasteiger partial charge in [0.1, 0.15) is 0 Å². The van der Waals surface area contributed by atoms with Crippen molar-refractivity contribution >= 4 is 0 Å². The minimum atomic E-state index is -0.0626. The Kier molecular flexibility index (Phi) is 4.20. The van der Waals surface area contributed by atoms with Gasteiger partial charge in [0.2, 0.25) is 5.88 Å². The molecule has 0 saturated carbocycles. The molecule has 0 aromatic carbocycles. The number of nitrogens with one attached hydrogen (secondary N) is 1. The molecule has 2 rings (SSSR count). The Bertz CT molecular complexity index is 489. The predicted octanol–water partition coefficient (Wildman–Crippen LogP) is 1.58. The maximum Gasteiger partial charge on any atom is 0.218 e. The van der Waals surface area contributed by atoms with Crippen LogP contribution in [0.3, 0.4) is 0 Å². The van der Waals surface area contributed by atoms with Crippen LogP contribution in [0.4, 0.5) is 0 Å². The van der Waals surface area contributed by atoms with Gasteiger partial charge in [-0.15, -0.1) is 0 Å². The van der Waals surface area contributed by atoms with Gasteiger partial charge in [-0.1, -0.05) is 13.0 Å². The van der Waals surface area contributed by atoms with Gasteiger partial charge in [0.05, 0.1) is 25.0 Å². The molecule has 1 N–H and O–H groups in total. The first kappa shape index (κ1) is 12.4. The van der Waals surface area contributed by atoms with Crippen LogP contribution in [0.2, 0.25) is 0 Å². The molecule has 0 saturated heterocycles. The van der Waals surface area contributed by atoms with Gasteiger partial charge in [-0.25, -0.2) is 4.98 Å². The number of hydrogen-bond donors (Lipinski definition) is 1. The van der Waals surface area contributed by atoms with E-state index in [1.165, 1.54) is 0 Å². The zero-order valence-electron chi connectivity index (χ0n) is 10.5. The van der Waals surface area contributed by atoms with Crippen LogP contribution in [0, 0.1) is 0 Å². The molecule has 1 unspecified atom stereocenters. The van der Waals surface area contributed by atoms with Crippen molar-refractivity contribution in [2.24, 2.45) is 0 Å². The monoisotopic (exact) mass is 244 g/mol. The topological polar surface area (TPSA) is 59.9 Å². The van der Waals surface area contributed by atoms with Crippen LogP contribution in [-0.2, 0) is 0 Å². The predicted molar refractivity (Wildman–Crippen MR) is 68.3 cm³/mol. The lowest BCUT2D eigenvalue weighted by molar-refractivity contribution is 0.386. The number of nitrogens with zero attached hydrogens (tertiary/aromatic N) is 3. The van der Waals surface area contributed by atoms with Crippen molar-refractivity contribution in [3.63, 3.8) is 0 Å². The second-order valence-electron chi connectivity index (χ2n) is 3.72. The fourth-order valence-corrected chi connectivity index (χ4v) is 1.83. The summed E-state index contributed by atoms with van der Waals surface area (Å²) in [6, 6.07) is 3.80. The smallest absolute Gasteiger partial charge is 0.218 e. The number of aromatic nitrogens is 3. The maximum absolute atomic E-state index is 5.29. The first-order valence-electron chi connectivity index (χ1n) is 5.85. The molecule has 0 aliphatic heterocycles. The van der Waals surface area contributed by atoms with Crippen LogP contribution in [0.5, 0.6) is 5.88 Å². The van der Waals surface area contributed by atoms with Gasteiger partial charge < -0.3 is 10.1 Å². The van der Waals surface area contributed by atoms with Crippen molar-refractivity contribution in [1.29, 1.82) is 0 Å². The minimum Gasteiger partial charge on any atom is -0.481 e. The number of methoxy groups -OCH3 is 1. The van der Waals surface area contributed by atoms with E-state index in [9.17, 15) is 0 Å². The summed E-state index contributed by atoms with van der Waals surface area (Å²) < 4.78 is 5.29. The Morgan fingerprint density at radius 2 is 2.17 bits per heavy atom. The van der Waals surface area contributed by atoms with Gasteiger partial charge in [0, 0.05) is 24.2 Å². The standard InChI is InChI=1S/C13H16N4O/c1-3-15-12(11-9-14-7-8-16-11)10-5-4-6-17-13(10)18-2/h4-9,12,15H,3H2,1-2H3. The molecule has 5 nitrogen and oxygen atoms in total. The van der Waals surface area contributed by atoms with E-state index in [2.05, 4.69) is 20.3 Å². The van der Waals surface area contributed by atoms with Crippen molar-refractivity contribution in [2.75, 3.05) is 13.7 Å². The van der Waals surface area contributed by atoms with E-state index in [0.29, 0.717) is 5.88 Å². The van der Waals surface area contributed by atoms with Crippen molar-refractivity contribution < 1.29 is 4.74 Å². The third-order valence-corrected chi connectivity index (χ3v) is 2.59. The van der Waals surface area contributed by atoms with E-state index in [-0.39, 0.29) is 6.04 Å². The molecule has 5 heteroatoms. The van der Waals surface area contributed by atoms with E-state index in [1.807, 2.05) is 19.1 Å². The SMILES string of the molecule is CCNC(c1cnccn1)c1cccnc1OC.